The Labute approximate surface area is 181 Å². The van der Waals surface area contributed by atoms with Gasteiger partial charge in [0.25, 0.3) is 17.7 Å². The predicted octanol–water partition coefficient (Wildman–Crippen LogP) is 2.65. The number of hydrogen-bond acceptors (Lipinski definition) is 4. The number of rotatable bonds is 4. The number of carbonyl (C=O) groups is 3. The minimum Gasteiger partial charge on any atom is -0.338 e. The lowest BCUT2D eigenvalue weighted by atomic mass is 10.0. The molecular formula is C25H25N3O3. The molecule has 158 valence electrons. The molecule has 1 aliphatic carbocycles. The van der Waals surface area contributed by atoms with E-state index in [0.717, 1.165) is 45.6 Å². The van der Waals surface area contributed by atoms with Gasteiger partial charge in [0.15, 0.2) is 0 Å². The normalized spacial score (nSPS) is 25.3. The number of carbonyl (C=O) groups excluding carboxylic acids is 3. The average molecular weight is 415 g/mol. The molecule has 3 aliphatic heterocycles. The largest absolute Gasteiger partial charge is 0.338 e. The van der Waals surface area contributed by atoms with Gasteiger partial charge in [0.1, 0.15) is 0 Å². The molecule has 3 amide bonds. The van der Waals surface area contributed by atoms with E-state index in [-0.39, 0.29) is 23.8 Å². The maximum absolute atomic E-state index is 13.2. The van der Waals surface area contributed by atoms with Gasteiger partial charge in [-0.05, 0) is 48.4 Å². The molecule has 0 aromatic heterocycles. The highest BCUT2D eigenvalue weighted by Gasteiger charge is 2.45. The first kappa shape index (κ1) is 18.8. The number of imide groups is 1. The van der Waals surface area contributed by atoms with E-state index in [2.05, 4.69) is 29.2 Å². The summed E-state index contributed by atoms with van der Waals surface area (Å²) in [6, 6.07) is 15.6. The van der Waals surface area contributed by atoms with Crippen LogP contribution >= 0.6 is 0 Å². The SMILES string of the molecule is O=C(c1ccc2c(c1)C(=O)N(C1CC1)C2=O)N1CC2CN(Cc3ccccc3)CC2C1. The summed E-state index contributed by atoms with van der Waals surface area (Å²) in [5, 5.41) is 0. The second-order valence-electron chi connectivity index (χ2n) is 9.38. The average Bonchev–Trinajstić information content (AvgIpc) is 3.35. The van der Waals surface area contributed by atoms with E-state index in [4.69, 9.17) is 0 Å². The molecule has 3 heterocycles. The van der Waals surface area contributed by atoms with Crippen molar-refractivity contribution in [2.75, 3.05) is 26.2 Å². The van der Waals surface area contributed by atoms with Gasteiger partial charge in [-0.25, -0.2) is 0 Å². The highest BCUT2D eigenvalue weighted by Crippen LogP contribution is 2.36. The Hall–Kier alpha value is -2.99. The van der Waals surface area contributed by atoms with Gasteiger partial charge < -0.3 is 4.90 Å². The Morgan fingerprint density at radius 2 is 1.52 bits per heavy atom. The van der Waals surface area contributed by atoms with Crippen LogP contribution in [0.1, 0.15) is 49.5 Å². The smallest absolute Gasteiger partial charge is 0.261 e. The van der Waals surface area contributed by atoms with Crippen LogP contribution in [0.25, 0.3) is 0 Å². The second-order valence-corrected chi connectivity index (χ2v) is 9.38. The number of benzene rings is 2. The van der Waals surface area contributed by atoms with Gasteiger partial charge in [-0.15, -0.1) is 0 Å². The van der Waals surface area contributed by atoms with E-state index in [1.807, 2.05) is 11.0 Å². The first-order chi connectivity index (χ1) is 15.1. The number of amides is 3. The van der Waals surface area contributed by atoms with Crippen LogP contribution < -0.4 is 0 Å². The van der Waals surface area contributed by atoms with Crippen molar-refractivity contribution in [3.05, 3.63) is 70.8 Å². The maximum atomic E-state index is 13.2. The van der Waals surface area contributed by atoms with Crippen molar-refractivity contribution < 1.29 is 14.4 Å². The third-order valence-electron chi connectivity index (χ3n) is 7.18. The summed E-state index contributed by atoms with van der Waals surface area (Å²) in [6.07, 6.45) is 1.77. The van der Waals surface area contributed by atoms with E-state index < -0.39 is 0 Å². The van der Waals surface area contributed by atoms with Crippen molar-refractivity contribution in [2.24, 2.45) is 11.8 Å². The van der Waals surface area contributed by atoms with Gasteiger partial charge in [0.2, 0.25) is 0 Å². The number of nitrogens with zero attached hydrogens (tertiary/aromatic N) is 3. The second kappa shape index (κ2) is 7.02. The summed E-state index contributed by atoms with van der Waals surface area (Å²) in [7, 11) is 0. The monoisotopic (exact) mass is 415 g/mol. The Morgan fingerprint density at radius 1 is 0.839 bits per heavy atom. The fourth-order valence-corrected chi connectivity index (χ4v) is 5.47. The minimum absolute atomic E-state index is 0.0306. The summed E-state index contributed by atoms with van der Waals surface area (Å²) >= 11 is 0. The Morgan fingerprint density at radius 3 is 2.19 bits per heavy atom. The molecular weight excluding hydrogens is 390 g/mol. The molecule has 2 unspecified atom stereocenters. The molecule has 3 fully saturated rings. The van der Waals surface area contributed by atoms with E-state index in [1.54, 1.807) is 18.2 Å². The number of fused-ring (bicyclic) bond motifs is 2. The van der Waals surface area contributed by atoms with Crippen molar-refractivity contribution in [1.29, 1.82) is 0 Å². The highest BCUT2D eigenvalue weighted by molar-refractivity contribution is 6.22. The molecule has 2 aromatic carbocycles. The van der Waals surface area contributed by atoms with Gasteiger partial charge in [-0.1, -0.05) is 30.3 Å². The van der Waals surface area contributed by atoms with Crippen molar-refractivity contribution in [1.82, 2.24) is 14.7 Å². The highest BCUT2D eigenvalue weighted by atomic mass is 16.2. The Kier molecular flexibility index (Phi) is 4.25. The van der Waals surface area contributed by atoms with E-state index in [1.165, 1.54) is 10.5 Å². The summed E-state index contributed by atoms with van der Waals surface area (Å²) in [6.45, 7) is 4.49. The summed E-state index contributed by atoms with van der Waals surface area (Å²) in [5.41, 5.74) is 2.66. The fraction of sp³-hybridized carbons (Fsp3) is 0.400. The first-order valence-electron chi connectivity index (χ1n) is 11.2. The van der Waals surface area contributed by atoms with Crippen molar-refractivity contribution in [3.63, 3.8) is 0 Å². The zero-order valence-electron chi connectivity index (χ0n) is 17.4. The minimum atomic E-state index is -0.244. The van der Waals surface area contributed by atoms with Crippen LogP contribution in [0.2, 0.25) is 0 Å². The maximum Gasteiger partial charge on any atom is 0.261 e. The molecule has 2 saturated heterocycles. The predicted molar refractivity (Wildman–Crippen MR) is 115 cm³/mol. The quantitative estimate of drug-likeness (QED) is 0.721. The molecule has 1 saturated carbocycles. The number of likely N-dealkylation sites (tertiary alicyclic amines) is 2. The zero-order valence-corrected chi connectivity index (χ0v) is 17.4. The van der Waals surface area contributed by atoms with Crippen LogP contribution in [0.5, 0.6) is 0 Å². The molecule has 2 atom stereocenters. The van der Waals surface area contributed by atoms with Gasteiger partial charge in [-0.2, -0.15) is 0 Å². The molecule has 0 N–H and O–H groups in total. The van der Waals surface area contributed by atoms with Crippen molar-refractivity contribution in [2.45, 2.75) is 25.4 Å². The molecule has 31 heavy (non-hydrogen) atoms. The number of hydrogen-bond donors (Lipinski definition) is 0. The van der Waals surface area contributed by atoms with Crippen molar-refractivity contribution >= 4 is 17.7 Å². The van der Waals surface area contributed by atoms with Crippen molar-refractivity contribution in [3.8, 4) is 0 Å². The molecule has 4 aliphatic rings. The van der Waals surface area contributed by atoms with Crippen LogP contribution in [0.4, 0.5) is 0 Å². The summed E-state index contributed by atoms with van der Waals surface area (Å²) in [4.78, 5) is 44.2. The van der Waals surface area contributed by atoms with Gasteiger partial charge in [0, 0.05) is 44.3 Å². The Balaban J connectivity index is 1.13. The molecule has 0 bridgehead atoms. The third kappa shape index (κ3) is 3.17. The van der Waals surface area contributed by atoms with Crippen LogP contribution in [0.15, 0.2) is 48.5 Å². The topological polar surface area (TPSA) is 60.9 Å². The third-order valence-corrected chi connectivity index (χ3v) is 7.18. The summed E-state index contributed by atoms with van der Waals surface area (Å²) < 4.78 is 0. The van der Waals surface area contributed by atoms with Crippen LogP contribution in [0, 0.1) is 11.8 Å². The summed E-state index contributed by atoms with van der Waals surface area (Å²) in [5.74, 6) is 0.506. The lowest BCUT2D eigenvalue weighted by Crippen LogP contribution is -2.33. The van der Waals surface area contributed by atoms with Crippen LogP contribution in [-0.4, -0.2) is 64.6 Å². The van der Waals surface area contributed by atoms with Gasteiger partial charge in [0.05, 0.1) is 11.1 Å². The molecule has 6 nitrogen and oxygen atoms in total. The zero-order chi connectivity index (χ0) is 21.1. The lowest BCUT2D eigenvalue weighted by Gasteiger charge is -2.22. The molecule has 6 heteroatoms. The molecule has 0 radical (unpaired) electrons. The molecule has 6 rings (SSSR count). The van der Waals surface area contributed by atoms with Gasteiger partial charge in [-0.3, -0.25) is 24.2 Å². The molecule has 0 spiro atoms. The van der Waals surface area contributed by atoms with Crippen LogP contribution in [0.3, 0.4) is 0 Å². The fourth-order valence-electron chi connectivity index (χ4n) is 5.47. The lowest BCUT2D eigenvalue weighted by molar-refractivity contribution is 0.0642. The van der Waals surface area contributed by atoms with E-state index >= 15 is 0 Å². The van der Waals surface area contributed by atoms with E-state index in [0.29, 0.717) is 28.5 Å². The van der Waals surface area contributed by atoms with Crippen LogP contribution in [-0.2, 0) is 6.54 Å². The van der Waals surface area contributed by atoms with E-state index in [9.17, 15) is 14.4 Å². The van der Waals surface area contributed by atoms with Gasteiger partial charge >= 0.3 is 0 Å². The Bertz CT molecular complexity index is 1060. The molecule has 2 aromatic rings. The standard InChI is InChI=1S/C25H25N3O3/c29-23(17-6-9-21-22(10-17)25(31)28(24(21)30)20-7-8-20)27-14-18-12-26(13-19(18)15-27)11-16-4-2-1-3-5-16/h1-6,9-10,18-20H,7-8,11-15H2. The first-order valence-corrected chi connectivity index (χ1v) is 11.2.